The monoisotopic (exact) mass is 349 g/mol. The third-order valence-electron chi connectivity index (χ3n) is 4.95. The predicted molar refractivity (Wildman–Crippen MR) is 102 cm³/mol. The molecule has 0 spiro atoms. The molecule has 1 aromatic carbocycles. The molecule has 0 saturated carbocycles. The summed E-state index contributed by atoms with van der Waals surface area (Å²) in [4.78, 5) is 21.7. The molecule has 1 fully saturated rings. The molecule has 26 heavy (non-hydrogen) atoms. The van der Waals surface area contributed by atoms with Crippen LogP contribution in [0, 0.1) is 6.92 Å². The molecule has 2 N–H and O–H groups in total. The number of aromatic nitrogens is 2. The second-order valence-electron chi connectivity index (χ2n) is 6.84. The Hall–Kier alpha value is -2.86. The molecular weight excluding hydrogens is 326 g/mol. The number of pyridine rings is 1. The summed E-state index contributed by atoms with van der Waals surface area (Å²) >= 11 is 0. The lowest BCUT2D eigenvalue weighted by molar-refractivity contribution is 0.0626. The molecule has 4 rings (SSSR count). The molecule has 6 nitrogen and oxygen atoms in total. The van der Waals surface area contributed by atoms with Crippen molar-refractivity contribution in [2.75, 3.05) is 31.9 Å². The lowest BCUT2D eigenvalue weighted by atomic mass is 10.1. The topological polar surface area (TPSA) is 66.9 Å². The number of nitrogens with two attached hydrogens (primary N) is 1. The normalized spacial score (nSPS) is 15.5. The van der Waals surface area contributed by atoms with Gasteiger partial charge in [-0.25, -0.2) is 4.98 Å². The van der Waals surface area contributed by atoms with Gasteiger partial charge < -0.3 is 15.0 Å². The first kappa shape index (κ1) is 16.6. The van der Waals surface area contributed by atoms with E-state index in [1.807, 2.05) is 52.8 Å². The van der Waals surface area contributed by atoms with Crippen LogP contribution in [0.1, 0.15) is 21.6 Å². The highest BCUT2D eigenvalue weighted by molar-refractivity contribution is 5.96. The van der Waals surface area contributed by atoms with E-state index in [1.165, 1.54) is 0 Å². The number of benzene rings is 1. The maximum atomic E-state index is 12.8. The molecule has 2 aromatic heterocycles. The molecule has 1 amide bonds. The van der Waals surface area contributed by atoms with Gasteiger partial charge in [-0.15, -0.1) is 0 Å². The summed E-state index contributed by atoms with van der Waals surface area (Å²) in [6.45, 7) is 5.90. The smallest absolute Gasteiger partial charge is 0.254 e. The van der Waals surface area contributed by atoms with E-state index in [0.29, 0.717) is 11.3 Å². The molecule has 134 valence electrons. The van der Waals surface area contributed by atoms with Crippen molar-refractivity contribution in [2.45, 2.75) is 13.5 Å². The number of carbonyl (C=O) groups is 1. The minimum Gasteiger partial charge on any atom is -0.399 e. The Morgan fingerprint density at radius 1 is 1.15 bits per heavy atom. The van der Waals surface area contributed by atoms with E-state index in [-0.39, 0.29) is 5.91 Å². The number of fused-ring (bicyclic) bond motifs is 1. The van der Waals surface area contributed by atoms with Gasteiger partial charge in [-0.1, -0.05) is 12.1 Å². The van der Waals surface area contributed by atoms with Gasteiger partial charge in [0.15, 0.2) is 0 Å². The summed E-state index contributed by atoms with van der Waals surface area (Å²) in [6, 6.07) is 11.5. The maximum Gasteiger partial charge on any atom is 0.254 e. The van der Waals surface area contributed by atoms with Gasteiger partial charge in [0.05, 0.1) is 5.69 Å². The zero-order valence-corrected chi connectivity index (χ0v) is 14.9. The van der Waals surface area contributed by atoms with Gasteiger partial charge in [-0.3, -0.25) is 9.69 Å². The van der Waals surface area contributed by atoms with Gasteiger partial charge in [-0.05, 0) is 36.8 Å². The minimum atomic E-state index is 0.0715. The number of nitrogens with zero attached hydrogens (tertiary/aromatic N) is 4. The summed E-state index contributed by atoms with van der Waals surface area (Å²) < 4.78 is 2.04. The van der Waals surface area contributed by atoms with Gasteiger partial charge in [0, 0.05) is 56.4 Å². The van der Waals surface area contributed by atoms with Crippen LogP contribution in [-0.2, 0) is 6.54 Å². The van der Waals surface area contributed by atoms with Crippen molar-refractivity contribution >= 4 is 17.2 Å². The van der Waals surface area contributed by atoms with Crippen LogP contribution >= 0.6 is 0 Å². The number of amides is 1. The first-order valence-electron chi connectivity index (χ1n) is 8.90. The fourth-order valence-corrected chi connectivity index (χ4v) is 3.44. The van der Waals surface area contributed by atoms with Crippen molar-refractivity contribution in [3.63, 3.8) is 0 Å². The van der Waals surface area contributed by atoms with Crippen LogP contribution in [0.3, 0.4) is 0 Å². The second-order valence-corrected chi connectivity index (χ2v) is 6.84. The number of hydrogen-bond acceptors (Lipinski definition) is 4. The van der Waals surface area contributed by atoms with Crippen molar-refractivity contribution < 1.29 is 4.79 Å². The maximum absolute atomic E-state index is 12.8. The van der Waals surface area contributed by atoms with Gasteiger partial charge in [0.1, 0.15) is 5.65 Å². The SMILES string of the molecule is Cc1ccc(N)cc1C(=O)N1CCN(Cc2cn3ccccc3n2)CC1. The zero-order chi connectivity index (χ0) is 18.1. The lowest BCUT2D eigenvalue weighted by Gasteiger charge is -2.34. The van der Waals surface area contributed by atoms with Gasteiger partial charge in [-0.2, -0.15) is 0 Å². The number of hydrogen-bond donors (Lipinski definition) is 1. The van der Waals surface area contributed by atoms with Crippen LogP contribution in [0.15, 0.2) is 48.8 Å². The summed E-state index contributed by atoms with van der Waals surface area (Å²) in [7, 11) is 0. The number of piperazine rings is 1. The van der Waals surface area contributed by atoms with Crippen molar-refractivity contribution in [3.8, 4) is 0 Å². The third-order valence-corrected chi connectivity index (χ3v) is 4.95. The van der Waals surface area contributed by atoms with E-state index in [0.717, 1.165) is 49.6 Å². The standard InChI is InChI=1S/C20H23N5O/c1-15-5-6-16(21)12-18(15)20(26)24-10-8-23(9-11-24)13-17-14-25-7-3-2-4-19(25)22-17/h2-7,12,14H,8-11,13,21H2,1H3. The van der Waals surface area contributed by atoms with E-state index >= 15 is 0 Å². The summed E-state index contributed by atoms with van der Waals surface area (Å²) in [5, 5.41) is 0. The van der Waals surface area contributed by atoms with Crippen LogP contribution < -0.4 is 5.73 Å². The van der Waals surface area contributed by atoms with Crippen molar-refractivity contribution in [1.82, 2.24) is 19.2 Å². The van der Waals surface area contributed by atoms with Crippen LogP contribution in [-0.4, -0.2) is 51.3 Å². The number of aryl methyl sites for hydroxylation is 1. The van der Waals surface area contributed by atoms with Crippen molar-refractivity contribution in [2.24, 2.45) is 0 Å². The largest absolute Gasteiger partial charge is 0.399 e. The Kier molecular flexibility index (Phi) is 4.34. The van der Waals surface area contributed by atoms with Gasteiger partial charge in [0.2, 0.25) is 0 Å². The third kappa shape index (κ3) is 3.28. The second kappa shape index (κ2) is 6.80. The lowest BCUT2D eigenvalue weighted by Crippen LogP contribution is -2.48. The van der Waals surface area contributed by atoms with E-state index in [9.17, 15) is 4.79 Å². The first-order chi connectivity index (χ1) is 12.6. The first-order valence-corrected chi connectivity index (χ1v) is 8.90. The summed E-state index contributed by atoms with van der Waals surface area (Å²) in [5.41, 5.74) is 10.2. The zero-order valence-electron chi connectivity index (χ0n) is 14.9. The molecular formula is C20H23N5O. The van der Waals surface area contributed by atoms with Crippen LogP contribution in [0.4, 0.5) is 5.69 Å². The molecule has 0 bridgehead atoms. The Bertz CT molecular complexity index is 907. The molecule has 0 unspecified atom stereocenters. The molecule has 1 saturated heterocycles. The quantitative estimate of drug-likeness (QED) is 0.736. The molecule has 0 radical (unpaired) electrons. The summed E-state index contributed by atoms with van der Waals surface area (Å²) in [6.07, 6.45) is 4.08. The molecule has 6 heteroatoms. The van der Waals surface area contributed by atoms with E-state index < -0.39 is 0 Å². The highest BCUT2D eigenvalue weighted by Gasteiger charge is 2.23. The van der Waals surface area contributed by atoms with E-state index in [1.54, 1.807) is 6.07 Å². The Labute approximate surface area is 152 Å². The highest BCUT2D eigenvalue weighted by Crippen LogP contribution is 2.17. The van der Waals surface area contributed by atoms with Crippen LogP contribution in [0.25, 0.3) is 5.65 Å². The van der Waals surface area contributed by atoms with Crippen LogP contribution in [0.5, 0.6) is 0 Å². The van der Waals surface area contributed by atoms with Gasteiger partial charge >= 0.3 is 0 Å². The average Bonchev–Trinajstić information content (AvgIpc) is 3.06. The Balaban J connectivity index is 1.39. The number of anilines is 1. The molecule has 0 aliphatic carbocycles. The van der Waals surface area contributed by atoms with Gasteiger partial charge in [0.25, 0.3) is 5.91 Å². The molecule has 3 heterocycles. The highest BCUT2D eigenvalue weighted by atomic mass is 16.2. The van der Waals surface area contributed by atoms with Crippen molar-refractivity contribution in [3.05, 3.63) is 65.6 Å². The molecule has 1 aliphatic heterocycles. The summed E-state index contributed by atoms with van der Waals surface area (Å²) in [5.74, 6) is 0.0715. The van der Waals surface area contributed by atoms with E-state index in [2.05, 4.69) is 16.1 Å². The number of imidazole rings is 1. The Morgan fingerprint density at radius 3 is 2.73 bits per heavy atom. The van der Waals surface area contributed by atoms with Crippen molar-refractivity contribution in [1.29, 1.82) is 0 Å². The average molecular weight is 349 g/mol. The predicted octanol–water partition coefficient (Wildman–Crippen LogP) is 2.18. The Morgan fingerprint density at radius 2 is 1.96 bits per heavy atom. The minimum absolute atomic E-state index is 0.0715. The van der Waals surface area contributed by atoms with Crippen LogP contribution in [0.2, 0.25) is 0 Å². The number of nitrogen functional groups attached to an aromatic ring is 1. The molecule has 1 aliphatic rings. The number of carbonyl (C=O) groups excluding carboxylic acids is 1. The number of rotatable bonds is 3. The fraction of sp³-hybridized carbons (Fsp3) is 0.300. The molecule has 0 atom stereocenters. The molecule has 3 aromatic rings. The fourth-order valence-electron chi connectivity index (χ4n) is 3.44. The van der Waals surface area contributed by atoms with E-state index in [4.69, 9.17) is 5.73 Å².